The minimum Gasteiger partial charge on any atom is -0.311 e. The normalized spacial score (nSPS) is 11.4. The topological polar surface area (TPSA) is 54.8 Å². The van der Waals surface area contributed by atoms with Crippen molar-refractivity contribution >= 4 is 60.7 Å². The molecule has 0 fully saturated rings. The quantitative estimate of drug-likeness (QED) is 0.153. The number of aromatic nitrogens is 4. The van der Waals surface area contributed by atoms with Crippen LogP contribution in [-0.4, -0.2) is 19.9 Å². The summed E-state index contributed by atoms with van der Waals surface area (Å²) in [6.45, 7) is 0. The molecular formula is C60H39N5. The maximum Gasteiger partial charge on any atom is 0.0979 e. The van der Waals surface area contributed by atoms with E-state index >= 15 is 0 Å². The van der Waals surface area contributed by atoms with Gasteiger partial charge in [-0.25, -0.2) is 19.9 Å². The number of fused-ring (bicyclic) bond motifs is 4. The van der Waals surface area contributed by atoms with Crippen LogP contribution < -0.4 is 4.90 Å². The lowest BCUT2D eigenvalue weighted by Crippen LogP contribution is -2.10. The predicted molar refractivity (Wildman–Crippen MR) is 270 cm³/mol. The molecule has 2 aromatic heterocycles. The van der Waals surface area contributed by atoms with E-state index in [-0.39, 0.29) is 0 Å². The monoisotopic (exact) mass is 829 g/mol. The number of rotatable bonds is 8. The molecule has 5 nitrogen and oxygen atoms in total. The van der Waals surface area contributed by atoms with E-state index in [4.69, 9.17) is 19.9 Å². The van der Waals surface area contributed by atoms with E-state index in [1.807, 2.05) is 48.5 Å². The van der Waals surface area contributed by atoms with Crippen molar-refractivity contribution in [2.75, 3.05) is 4.90 Å². The highest BCUT2D eigenvalue weighted by Gasteiger charge is 2.20. The van der Waals surface area contributed by atoms with E-state index in [9.17, 15) is 0 Å². The first-order chi connectivity index (χ1) is 32.2. The number of benzene rings is 10. The first-order valence-corrected chi connectivity index (χ1v) is 21.9. The molecule has 0 saturated carbocycles. The van der Waals surface area contributed by atoms with Crippen LogP contribution in [-0.2, 0) is 0 Å². The molecule has 0 aliphatic carbocycles. The van der Waals surface area contributed by atoms with Gasteiger partial charge in [0.05, 0.1) is 44.8 Å². The molecule has 12 aromatic rings. The number of anilines is 3. The molecule has 65 heavy (non-hydrogen) atoms. The number of nitrogens with zero attached hydrogens (tertiary/aromatic N) is 5. The highest BCUT2D eigenvalue weighted by molar-refractivity contribution is 6.01. The second-order valence-corrected chi connectivity index (χ2v) is 16.2. The van der Waals surface area contributed by atoms with Gasteiger partial charge in [-0.1, -0.05) is 176 Å². The Bertz CT molecular complexity index is 3480. The van der Waals surface area contributed by atoms with Crippen molar-refractivity contribution in [2.45, 2.75) is 0 Å². The number of para-hydroxylation sites is 4. The van der Waals surface area contributed by atoms with Crippen LogP contribution in [0.4, 0.5) is 17.1 Å². The lowest BCUT2D eigenvalue weighted by Gasteiger charge is -2.26. The molecule has 2 heterocycles. The molecule has 0 saturated heterocycles. The van der Waals surface area contributed by atoms with E-state index in [2.05, 4.69) is 193 Å². The molecule has 0 amide bonds. The summed E-state index contributed by atoms with van der Waals surface area (Å²) in [7, 11) is 0. The van der Waals surface area contributed by atoms with Crippen molar-refractivity contribution in [3.8, 4) is 56.2 Å². The molecule has 5 heteroatoms. The minimum absolute atomic E-state index is 0.841. The van der Waals surface area contributed by atoms with Gasteiger partial charge in [-0.2, -0.15) is 0 Å². The highest BCUT2D eigenvalue weighted by atomic mass is 15.1. The minimum atomic E-state index is 0.841. The molecular weight excluding hydrogens is 791 g/mol. The predicted octanol–water partition coefficient (Wildman–Crippen LogP) is 15.7. The summed E-state index contributed by atoms with van der Waals surface area (Å²) in [5.41, 5.74) is 16.3. The van der Waals surface area contributed by atoms with Crippen molar-refractivity contribution in [3.63, 3.8) is 0 Å². The Morgan fingerprint density at radius 1 is 0.231 bits per heavy atom. The zero-order chi connectivity index (χ0) is 43.1. The Morgan fingerprint density at radius 3 is 0.985 bits per heavy atom. The van der Waals surface area contributed by atoms with Crippen LogP contribution >= 0.6 is 0 Å². The Balaban J connectivity index is 0.980. The molecule has 0 aliphatic heterocycles. The van der Waals surface area contributed by atoms with Gasteiger partial charge >= 0.3 is 0 Å². The Morgan fingerprint density at radius 2 is 0.554 bits per heavy atom. The molecule has 0 atom stereocenters. The summed E-state index contributed by atoms with van der Waals surface area (Å²) in [5.74, 6) is 0. The van der Waals surface area contributed by atoms with Crippen molar-refractivity contribution in [1.29, 1.82) is 0 Å². The summed E-state index contributed by atoms with van der Waals surface area (Å²) in [4.78, 5) is 23.4. The van der Waals surface area contributed by atoms with Gasteiger partial charge in [0, 0.05) is 39.3 Å². The zero-order valence-electron chi connectivity index (χ0n) is 35.3. The smallest absolute Gasteiger partial charge is 0.0979 e. The van der Waals surface area contributed by atoms with Gasteiger partial charge in [0.2, 0.25) is 0 Å². The lowest BCUT2D eigenvalue weighted by atomic mass is 9.97. The molecule has 0 bridgehead atoms. The second kappa shape index (κ2) is 16.2. The fourth-order valence-electron chi connectivity index (χ4n) is 9.06. The lowest BCUT2D eigenvalue weighted by molar-refractivity contribution is 1.27. The van der Waals surface area contributed by atoms with Gasteiger partial charge in [0.15, 0.2) is 0 Å². The summed E-state index contributed by atoms with van der Waals surface area (Å²) in [5, 5.41) is 4.62. The van der Waals surface area contributed by atoms with E-state index in [1.54, 1.807) is 0 Å². The average molecular weight is 830 g/mol. The van der Waals surface area contributed by atoms with E-state index in [1.165, 1.54) is 16.3 Å². The van der Waals surface area contributed by atoms with Crippen LogP contribution in [0, 0.1) is 0 Å². The van der Waals surface area contributed by atoms with Crippen LogP contribution in [0.5, 0.6) is 0 Å². The molecule has 304 valence electrons. The van der Waals surface area contributed by atoms with Gasteiger partial charge in [0.1, 0.15) is 0 Å². The van der Waals surface area contributed by atoms with Crippen LogP contribution in [0.1, 0.15) is 0 Å². The van der Waals surface area contributed by atoms with E-state index < -0.39 is 0 Å². The third kappa shape index (κ3) is 7.02. The molecule has 0 spiro atoms. The van der Waals surface area contributed by atoms with Crippen molar-refractivity contribution in [1.82, 2.24) is 19.9 Å². The number of hydrogen-bond donors (Lipinski definition) is 0. The molecule has 10 aromatic carbocycles. The van der Waals surface area contributed by atoms with Gasteiger partial charge in [-0.15, -0.1) is 0 Å². The van der Waals surface area contributed by atoms with Crippen LogP contribution in [0.15, 0.2) is 237 Å². The third-order valence-corrected chi connectivity index (χ3v) is 12.3. The van der Waals surface area contributed by atoms with Gasteiger partial charge < -0.3 is 4.90 Å². The first-order valence-electron chi connectivity index (χ1n) is 21.9. The fourth-order valence-corrected chi connectivity index (χ4v) is 9.06. The summed E-state index contributed by atoms with van der Waals surface area (Å²) in [6.07, 6.45) is 0. The van der Waals surface area contributed by atoms with Gasteiger partial charge in [-0.05, 0) is 93.3 Å². The van der Waals surface area contributed by atoms with Crippen LogP contribution in [0.25, 0.3) is 99.8 Å². The Hall–Kier alpha value is -8.80. The van der Waals surface area contributed by atoms with Crippen LogP contribution in [0.2, 0.25) is 0 Å². The average Bonchev–Trinajstić information content (AvgIpc) is 3.38. The second-order valence-electron chi connectivity index (χ2n) is 16.2. The van der Waals surface area contributed by atoms with Gasteiger partial charge in [0.25, 0.3) is 0 Å². The summed E-state index contributed by atoms with van der Waals surface area (Å²) in [6, 6.07) is 82.7. The van der Waals surface area contributed by atoms with Crippen molar-refractivity contribution in [2.24, 2.45) is 0 Å². The van der Waals surface area contributed by atoms with Gasteiger partial charge in [-0.3, -0.25) is 0 Å². The fraction of sp³-hybridized carbons (Fsp3) is 0. The van der Waals surface area contributed by atoms with Crippen molar-refractivity contribution in [3.05, 3.63) is 237 Å². The Kier molecular flexibility index (Phi) is 9.42. The summed E-state index contributed by atoms with van der Waals surface area (Å²) >= 11 is 0. The molecule has 0 unspecified atom stereocenters. The third-order valence-electron chi connectivity index (χ3n) is 12.3. The largest absolute Gasteiger partial charge is 0.311 e. The molecule has 12 rings (SSSR count). The van der Waals surface area contributed by atoms with E-state index in [0.717, 1.165) is 100 Å². The Labute approximate surface area is 376 Å². The van der Waals surface area contributed by atoms with Crippen LogP contribution in [0.3, 0.4) is 0 Å². The maximum atomic E-state index is 5.27. The van der Waals surface area contributed by atoms with E-state index in [0.29, 0.717) is 0 Å². The molecule has 0 radical (unpaired) electrons. The van der Waals surface area contributed by atoms with Crippen molar-refractivity contribution < 1.29 is 0 Å². The number of hydrogen-bond acceptors (Lipinski definition) is 5. The first kappa shape index (κ1) is 37.9. The molecule has 0 aliphatic rings. The zero-order valence-corrected chi connectivity index (χ0v) is 35.3. The standard InChI is InChI=1S/C60H39N5/c1-2-14-40(15-3-1)41-28-34-46(35-29-41)65(47-36-30-44(31-37-47)57-59(63-55-26-10-8-24-53(55)61-57)51-22-12-18-42-16-4-6-20-49(42)51)48-38-32-45(33-39-48)58-60(64-56-27-11-9-25-54(56)62-58)52-23-13-19-43-17-5-7-21-50(43)52/h1-39H. The summed E-state index contributed by atoms with van der Waals surface area (Å²) < 4.78 is 0. The SMILES string of the molecule is c1ccc(-c2ccc(N(c3ccc(-c4nc5ccccc5nc4-c4cccc5ccccc45)cc3)c3ccc(-c4nc5ccccc5nc4-c4cccc5ccccc45)cc3)cc2)cc1. The maximum absolute atomic E-state index is 5.27. The highest BCUT2D eigenvalue weighted by Crippen LogP contribution is 2.41. The molecule has 0 N–H and O–H groups in total.